The zero-order chi connectivity index (χ0) is 19.7. The summed E-state index contributed by atoms with van der Waals surface area (Å²) in [5, 5.41) is 9.39. The maximum atomic E-state index is 12.9. The molecule has 0 radical (unpaired) electrons. The van der Waals surface area contributed by atoms with Crippen molar-refractivity contribution in [1.29, 1.82) is 0 Å². The summed E-state index contributed by atoms with van der Waals surface area (Å²) in [5.41, 5.74) is 1.85. The normalized spacial score (nSPS) is 13.8. The molecule has 1 aliphatic heterocycles. The lowest BCUT2D eigenvalue weighted by Crippen LogP contribution is -2.24. The van der Waals surface area contributed by atoms with Gasteiger partial charge in [0.25, 0.3) is 5.91 Å². The largest absolute Gasteiger partial charge is 0.361 e. The quantitative estimate of drug-likeness (QED) is 0.713. The lowest BCUT2D eigenvalue weighted by atomic mass is 10.3. The second kappa shape index (κ2) is 7.59. The highest BCUT2D eigenvalue weighted by molar-refractivity contribution is 7.13. The van der Waals surface area contributed by atoms with E-state index in [2.05, 4.69) is 25.3 Å². The number of nitrogens with one attached hydrogen (secondary N) is 1. The fourth-order valence-electron chi connectivity index (χ4n) is 3.27. The Balaban J connectivity index is 1.59. The Morgan fingerprint density at radius 2 is 2.07 bits per heavy atom. The predicted octanol–water partition coefficient (Wildman–Crippen LogP) is 2.86. The van der Waals surface area contributed by atoms with Gasteiger partial charge in [-0.2, -0.15) is 10.1 Å². The first-order chi connectivity index (χ1) is 13.5. The van der Waals surface area contributed by atoms with Crippen LogP contribution in [0.25, 0.3) is 10.6 Å². The molecule has 3 aromatic heterocycles. The summed E-state index contributed by atoms with van der Waals surface area (Å²) in [5.74, 6) is 1.16. The predicted molar refractivity (Wildman–Crippen MR) is 112 cm³/mol. The molecule has 1 saturated heterocycles. The van der Waals surface area contributed by atoms with Crippen LogP contribution in [-0.4, -0.2) is 52.8 Å². The number of carbonyl (C=O) groups excluding carboxylic acids is 1. The molecule has 0 aromatic carbocycles. The molecule has 146 valence electrons. The van der Waals surface area contributed by atoms with E-state index in [4.69, 9.17) is 0 Å². The van der Waals surface area contributed by atoms with E-state index in [-0.39, 0.29) is 5.91 Å². The van der Waals surface area contributed by atoms with E-state index in [1.165, 1.54) is 0 Å². The molecule has 3 aromatic rings. The van der Waals surface area contributed by atoms with E-state index >= 15 is 0 Å². The number of aromatic nitrogens is 4. The standard InChI is InChI=1S/C19H23N7OS/c1-24(2)17-14(12-20-19(22-17)26-8-4-5-9-26)21-18(27)15-11-13(23-25(15)3)16-7-6-10-28-16/h6-7,10-12H,4-5,8-9H2,1-3H3,(H,21,27). The molecule has 1 aliphatic rings. The van der Waals surface area contributed by atoms with Crippen molar-refractivity contribution in [1.82, 2.24) is 19.7 Å². The monoisotopic (exact) mass is 397 g/mol. The molecule has 0 saturated carbocycles. The van der Waals surface area contributed by atoms with Gasteiger partial charge in [-0.15, -0.1) is 11.3 Å². The van der Waals surface area contributed by atoms with Crippen molar-refractivity contribution >= 4 is 34.7 Å². The number of amides is 1. The molecule has 0 atom stereocenters. The number of hydrogen-bond donors (Lipinski definition) is 1. The number of rotatable bonds is 5. The topological polar surface area (TPSA) is 79.2 Å². The average molecular weight is 398 g/mol. The van der Waals surface area contributed by atoms with Crippen LogP contribution in [-0.2, 0) is 7.05 Å². The van der Waals surface area contributed by atoms with E-state index < -0.39 is 0 Å². The highest BCUT2D eigenvalue weighted by Gasteiger charge is 2.20. The van der Waals surface area contributed by atoms with Crippen molar-refractivity contribution in [2.75, 3.05) is 42.3 Å². The third-order valence-electron chi connectivity index (χ3n) is 4.70. The number of aryl methyl sites for hydroxylation is 1. The smallest absolute Gasteiger partial charge is 0.274 e. The van der Waals surface area contributed by atoms with E-state index in [1.54, 1.807) is 35.3 Å². The van der Waals surface area contributed by atoms with Crippen LogP contribution in [0.5, 0.6) is 0 Å². The second-order valence-electron chi connectivity index (χ2n) is 6.97. The van der Waals surface area contributed by atoms with Crippen LogP contribution in [0.15, 0.2) is 29.8 Å². The van der Waals surface area contributed by atoms with Gasteiger partial charge >= 0.3 is 0 Å². The van der Waals surface area contributed by atoms with Crippen molar-refractivity contribution in [2.45, 2.75) is 12.8 Å². The number of anilines is 3. The Labute approximate surface area is 167 Å². The minimum Gasteiger partial charge on any atom is -0.361 e. The van der Waals surface area contributed by atoms with Gasteiger partial charge in [0.15, 0.2) is 5.82 Å². The Kier molecular flexibility index (Phi) is 4.99. The molecule has 1 amide bonds. The fourth-order valence-corrected chi connectivity index (χ4v) is 3.95. The molecule has 8 nitrogen and oxygen atoms in total. The van der Waals surface area contributed by atoms with Crippen LogP contribution in [0.1, 0.15) is 23.3 Å². The molecule has 1 fully saturated rings. The minimum atomic E-state index is -0.238. The Bertz CT molecular complexity index is 974. The summed E-state index contributed by atoms with van der Waals surface area (Å²) in [7, 11) is 5.58. The molecule has 0 spiro atoms. The maximum Gasteiger partial charge on any atom is 0.274 e. The van der Waals surface area contributed by atoms with Crippen molar-refractivity contribution in [2.24, 2.45) is 7.05 Å². The molecular formula is C19H23N7OS. The van der Waals surface area contributed by atoms with Crippen molar-refractivity contribution in [3.63, 3.8) is 0 Å². The Morgan fingerprint density at radius 3 is 2.75 bits per heavy atom. The number of thiophene rings is 1. The highest BCUT2D eigenvalue weighted by atomic mass is 32.1. The van der Waals surface area contributed by atoms with Crippen LogP contribution in [0.2, 0.25) is 0 Å². The molecule has 1 N–H and O–H groups in total. The van der Waals surface area contributed by atoms with Crippen LogP contribution >= 0.6 is 11.3 Å². The van der Waals surface area contributed by atoms with Gasteiger partial charge in [0.1, 0.15) is 17.1 Å². The van der Waals surface area contributed by atoms with Crippen LogP contribution in [0.4, 0.5) is 17.5 Å². The summed E-state index contributed by atoms with van der Waals surface area (Å²) >= 11 is 1.59. The third-order valence-corrected chi connectivity index (χ3v) is 5.60. The first kappa shape index (κ1) is 18.4. The molecule has 9 heteroatoms. The SMILES string of the molecule is CN(C)c1nc(N2CCCC2)ncc1NC(=O)c1cc(-c2cccs2)nn1C. The molecule has 0 bridgehead atoms. The maximum absolute atomic E-state index is 12.9. The summed E-state index contributed by atoms with van der Waals surface area (Å²) in [4.78, 5) is 27.1. The molecule has 0 aliphatic carbocycles. The van der Waals surface area contributed by atoms with Gasteiger partial charge in [-0.3, -0.25) is 9.48 Å². The summed E-state index contributed by atoms with van der Waals surface area (Å²) < 4.78 is 1.60. The number of hydrogen-bond acceptors (Lipinski definition) is 7. The van der Waals surface area contributed by atoms with Crippen LogP contribution < -0.4 is 15.1 Å². The molecule has 4 heterocycles. The van der Waals surface area contributed by atoms with E-state index in [9.17, 15) is 4.79 Å². The van der Waals surface area contributed by atoms with Gasteiger partial charge in [-0.1, -0.05) is 6.07 Å². The van der Waals surface area contributed by atoms with E-state index in [1.807, 2.05) is 36.5 Å². The van der Waals surface area contributed by atoms with Gasteiger partial charge in [-0.05, 0) is 30.4 Å². The first-order valence-corrected chi connectivity index (χ1v) is 10.1. The molecule has 28 heavy (non-hydrogen) atoms. The number of nitrogens with zero attached hydrogens (tertiary/aromatic N) is 6. The first-order valence-electron chi connectivity index (χ1n) is 9.21. The summed E-state index contributed by atoms with van der Waals surface area (Å²) in [6.07, 6.45) is 4.00. The lowest BCUT2D eigenvalue weighted by molar-refractivity contribution is 0.101. The molecule has 4 rings (SSSR count). The van der Waals surface area contributed by atoms with Crippen LogP contribution in [0, 0.1) is 0 Å². The van der Waals surface area contributed by atoms with Crippen molar-refractivity contribution < 1.29 is 4.79 Å². The minimum absolute atomic E-state index is 0.238. The summed E-state index contributed by atoms with van der Waals surface area (Å²) in [6, 6.07) is 5.76. The van der Waals surface area contributed by atoms with Gasteiger partial charge in [0, 0.05) is 34.2 Å². The van der Waals surface area contributed by atoms with Gasteiger partial charge in [0.05, 0.1) is 11.1 Å². The van der Waals surface area contributed by atoms with E-state index in [0.29, 0.717) is 23.1 Å². The van der Waals surface area contributed by atoms with E-state index in [0.717, 1.165) is 36.5 Å². The molecular weight excluding hydrogens is 374 g/mol. The van der Waals surface area contributed by atoms with Crippen molar-refractivity contribution in [3.05, 3.63) is 35.5 Å². The Hall–Kier alpha value is -2.94. The fraction of sp³-hybridized carbons (Fsp3) is 0.368. The lowest BCUT2D eigenvalue weighted by Gasteiger charge is -2.21. The highest BCUT2D eigenvalue weighted by Crippen LogP contribution is 2.27. The third kappa shape index (κ3) is 3.57. The second-order valence-corrected chi connectivity index (χ2v) is 7.91. The van der Waals surface area contributed by atoms with Gasteiger partial charge in [-0.25, -0.2) is 4.98 Å². The average Bonchev–Trinajstić information content (AvgIpc) is 3.43. The zero-order valence-corrected chi connectivity index (χ0v) is 17.0. The molecule has 0 unspecified atom stereocenters. The van der Waals surface area contributed by atoms with Gasteiger partial charge < -0.3 is 15.1 Å². The van der Waals surface area contributed by atoms with Crippen LogP contribution in [0.3, 0.4) is 0 Å². The zero-order valence-electron chi connectivity index (χ0n) is 16.2. The Morgan fingerprint density at radius 1 is 1.29 bits per heavy atom. The summed E-state index contributed by atoms with van der Waals surface area (Å²) in [6.45, 7) is 1.94. The van der Waals surface area contributed by atoms with Crippen molar-refractivity contribution in [3.8, 4) is 10.6 Å². The van der Waals surface area contributed by atoms with Gasteiger partial charge in [0.2, 0.25) is 5.95 Å². The number of carbonyl (C=O) groups is 1.